The summed E-state index contributed by atoms with van der Waals surface area (Å²) in [4.78, 5) is 29.4. The molecule has 3 fully saturated rings. The maximum absolute atomic E-state index is 13.2. The first-order valence-corrected chi connectivity index (χ1v) is 9.85. The summed E-state index contributed by atoms with van der Waals surface area (Å²) in [5.74, 6) is 1.01. The summed E-state index contributed by atoms with van der Waals surface area (Å²) < 4.78 is 0. The summed E-state index contributed by atoms with van der Waals surface area (Å²) in [6, 6.07) is 0.123. The van der Waals surface area contributed by atoms with Crippen molar-refractivity contribution in [2.45, 2.75) is 71.3 Å². The van der Waals surface area contributed by atoms with E-state index in [1.54, 1.807) is 0 Å². The van der Waals surface area contributed by atoms with E-state index < -0.39 is 0 Å². The Morgan fingerprint density at radius 3 is 2.62 bits per heavy atom. The molecule has 1 aliphatic carbocycles. The number of likely N-dealkylation sites (tertiary alicyclic amines) is 2. The van der Waals surface area contributed by atoms with Crippen molar-refractivity contribution in [3.8, 4) is 0 Å². The van der Waals surface area contributed by atoms with Crippen molar-refractivity contribution in [1.82, 2.24) is 15.1 Å². The second-order valence-electron chi connectivity index (χ2n) is 8.41. The molecule has 5 heteroatoms. The van der Waals surface area contributed by atoms with Crippen LogP contribution in [-0.2, 0) is 4.79 Å². The minimum atomic E-state index is -0.304. The number of hydrogen-bond donors (Lipinski definition) is 1. The fourth-order valence-electron chi connectivity index (χ4n) is 4.77. The normalized spacial score (nSPS) is 28.9. The van der Waals surface area contributed by atoms with E-state index in [2.05, 4.69) is 10.2 Å². The molecule has 1 saturated carbocycles. The Labute approximate surface area is 146 Å². The first-order chi connectivity index (χ1) is 11.5. The van der Waals surface area contributed by atoms with E-state index in [0.29, 0.717) is 24.9 Å². The van der Waals surface area contributed by atoms with Gasteiger partial charge in [0.2, 0.25) is 5.91 Å². The summed E-state index contributed by atoms with van der Waals surface area (Å²) in [7, 11) is 0. The van der Waals surface area contributed by atoms with Crippen LogP contribution < -0.4 is 5.32 Å². The molecule has 0 radical (unpaired) electrons. The summed E-state index contributed by atoms with van der Waals surface area (Å²) in [5, 5.41) is 2.96. The third-order valence-corrected chi connectivity index (χ3v) is 6.08. The number of rotatable bonds is 3. The van der Waals surface area contributed by atoms with Crippen molar-refractivity contribution in [1.29, 1.82) is 0 Å². The van der Waals surface area contributed by atoms with Gasteiger partial charge < -0.3 is 15.1 Å². The van der Waals surface area contributed by atoms with E-state index in [-0.39, 0.29) is 17.5 Å². The highest BCUT2D eigenvalue weighted by Gasteiger charge is 2.49. The van der Waals surface area contributed by atoms with Crippen molar-refractivity contribution in [3.63, 3.8) is 0 Å². The summed E-state index contributed by atoms with van der Waals surface area (Å²) >= 11 is 0. The molecule has 3 amide bonds. The average molecular weight is 335 g/mol. The smallest absolute Gasteiger partial charge is 0.317 e. The molecule has 5 nitrogen and oxygen atoms in total. The second kappa shape index (κ2) is 7.32. The van der Waals surface area contributed by atoms with Crippen molar-refractivity contribution in [3.05, 3.63) is 0 Å². The molecule has 1 unspecified atom stereocenters. The first kappa shape index (κ1) is 17.6. The molecule has 2 heterocycles. The number of amides is 3. The molecular formula is C19H33N3O2. The van der Waals surface area contributed by atoms with Crippen LogP contribution in [0.2, 0.25) is 0 Å². The van der Waals surface area contributed by atoms with Gasteiger partial charge in [0.15, 0.2) is 0 Å². The van der Waals surface area contributed by atoms with Gasteiger partial charge in [-0.05, 0) is 51.9 Å². The number of urea groups is 1. The molecule has 0 aromatic rings. The lowest BCUT2D eigenvalue weighted by atomic mass is 9.77. The zero-order valence-corrected chi connectivity index (χ0v) is 15.4. The van der Waals surface area contributed by atoms with Gasteiger partial charge in [-0.2, -0.15) is 0 Å². The maximum atomic E-state index is 13.2. The van der Waals surface area contributed by atoms with Crippen LogP contribution in [-0.4, -0.2) is 54.0 Å². The minimum absolute atomic E-state index is 0.0147. The van der Waals surface area contributed by atoms with Crippen molar-refractivity contribution >= 4 is 11.9 Å². The van der Waals surface area contributed by atoms with E-state index in [1.807, 2.05) is 18.7 Å². The van der Waals surface area contributed by atoms with Gasteiger partial charge in [-0.15, -0.1) is 0 Å². The Hall–Kier alpha value is -1.26. The minimum Gasteiger partial charge on any atom is -0.342 e. The van der Waals surface area contributed by atoms with Gasteiger partial charge in [-0.1, -0.05) is 19.3 Å². The average Bonchev–Trinajstić information content (AvgIpc) is 2.98. The van der Waals surface area contributed by atoms with E-state index >= 15 is 0 Å². The zero-order chi connectivity index (χ0) is 17.2. The molecule has 0 aromatic heterocycles. The molecule has 3 rings (SSSR count). The van der Waals surface area contributed by atoms with Crippen LogP contribution in [0.25, 0.3) is 0 Å². The fourth-order valence-corrected chi connectivity index (χ4v) is 4.77. The third kappa shape index (κ3) is 3.70. The summed E-state index contributed by atoms with van der Waals surface area (Å²) in [6.07, 6.45) is 9.41. The van der Waals surface area contributed by atoms with Crippen LogP contribution in [0.1, 0.15) is 65.2 Å². The largest absolute Gasteiger partial charge is 0.342 e. The zero-order valence-electron chi connectivity index (χ0n) is 15.4. The van der Waals surface area contributed by atoms with Gasteiger partial charge in [0, 0.05) is 32.2 Å². The van der Waals surface area contributed by atoms with Gasteiger partial charge >= 0.3 is 6.03 Å². The lowest BCUT2D eigenvalue weighted by molar-refractivity contribution is -0.146. The maximum Gasteiger partial charge on any atom is 0.317 e. The molecule has 3 aliphatic rings. The highest BCUT2D eigenvalue weighted by atomic mass is 16.2. The number of nitrogens with one attached hydrogen (secondary N) is 1. The van der Waals surface area contributed by atoms with Crippen molar-refractivity contribution in [2.24, 2.45) is 11.3 Å². The van der Waals surface area contributed by atoms with E-state index in [4.69, 9.17) is 0 Å². The SMILES string of the molecule is CC(C)NC(=O)N1CCC2(CCCN(CC3CCCCC3)C2=O)C1. The number of piperidine rings is 1. The van der Waals surface area contributed by atoms with Gasteiger partial charge in [0.1, 0.15) is 0 Å². The molecule has 24 heavy (non-hydrogen) atoms. The molecule has 0 bridgehead atoms. The predicted molar refractivity (Wildman–Crippen MR) is 94.7 cm³/mol. The lowest BCUT2D eigenvalue weighted by Crippen LogP contribution is -2.52. The molecule has 1 spiro atoms. The van der Waals surface area contributed by atoms with Crippen LogP contribution in [0, 0.1) is 11.3 Å². The molecular weight excluding hydrogens is 302 g/mol. The van der Waals surface area contributed by atoms with Crippen molar-refractivity contribution in [2.75, 3.05) is 26.2 Å². The van der Waals surface area contributed by atoms with Gasteiger partial charge in [-0.3, -0.25) is 4.79 Å². The van der Waals surface area contributed by atoms with E-state index in [0.717, 1.165) is 32.4 Å². The lowest BCUT2D eigenvalue weighted by Gasteiger charge is -2.41. The van der Waals surface area contributed by atoms with Crippen LogP contribution in [0.4, 0.5) is 4.79 Å². The Morgan fingerprint density at radius 1 is 1.17 bits per heavy atom. The fraction of sp³-hybridized carbons (Fsp3) is 0.895. The molecule has 1 N–H and O–H groups in total. The highest BCUT2D eigenvalue weighted by molar-refractivity contribution is 5.85. The van der Waals surface area contributed by atoms with Gasteiger partial charge in [-0.25, -0.2) is 4.79 Å². The molecule has 0 aromatic carbocycles. The van der Waals surface area contributed by atoms with Crippen LogP contribution in [0.15, 0.2) is 0 Å². The van der Waals surface area contributed by atoms with Crippen molar-refractivity contribution < 1.29 is 9.59 Å². The Bertz CT molecular complexity index is 473. The van der Waals surface area contributed by atoms with E-state index in [9.17, 15) is 9.59 Å². The Balaban J connectivity index is 1.61. The quantitative estimate of drug-likeness (QED) is 0.862. The molecule has 2 aliphatic heterocycles. The summed E-state index contributed by atoms with van der Waals surface area (Å²) in [5.41, 5.74) is -0.304. The van der Waals surface area contributed by atoms with Crippen LogP contribution in [0.3, 0.4) is 0 Å². The number of carbonyl (C=O) groups is 2. The monoisotopic (exact) mass is 335 g/mol. The van der Waals surface area contributed by atoms with Crippen LogP contribution in [0.5, 0.6) is 0 Å². The Morgan fingerprint density at radius 2 is 1.92 bits per heavy atom. The summed E-state index contributed by atoms with van der Waals surface area (Å²) in [6.45, 7) is 7.12. The Kier molecular flexibility index (Phi) is 5.36. The van der Waals surface area contributed by atoms with Gasteiger partial charge in [0.05, 0.1) is 5.41 Å². The standard InChI is InChI=1S/C19H33N3O2/c1-15(2)20-18(24)22-12-10-19(14-22)9-6-11-21(17(19)23)13-16-7-4-3-5-8-16/h15-16H,3-14H2,1-2H3,(H,20,24). The first-order valence-electron chi connectivity index (χ1n) is 9.85. The third-order valence-electron chi connectivity index (χ3n) is 6.08. The topological polar surface area (TPSA) is 52.7 Å². The van der Waals surface area contributed by atoms with Crippen LogP contribution >= 0.6 is 0 Å². The highest BCUT2D eigenvalue weighted by Crippen LogP contribution is 2.40. The molecule has 136 valence electrons. The number of hydrogen-bond acceptors (Lipinski definition) is 2. The number of nitrogens with zero attached hydrogens (tertiary/aromatic N) is 2. The van der Waals surface area contributed by atoms with Gasteiger partial charge in [0.25, 0.3) is 0 Å². The second-order valence-corrected chi connectivity index (χ2v) is 8.41. The van der Waals surface area contributed by atoms with E-state index in [1.165, 1.54) is 32.1 Å². The molecule has 1 atom stereocenters. The predicted octanol–water partition coefficient (Wildman–Crippen LogP) is 3.00. The molecule has 2 saturated heterocycles. The number of carbonyl (C=O) groups excluding carboxylic acids is 2.